The van der Waals surface area contributed by atoms with Crippen LogP contribution in [0.4, 0.5) is 0 Å². The molecule has 2 N–H and O–H groups in total. The van der Waals surface area contributed by atoms with Crippen LogP contribution in [-0.4, -0.2) is 36.5 Å². The van der Waals surface area contributed by atoms with Gasteiger partial charge in [0.25, 0.3) is 5.91 Å². The summed E-state index contributed by atoms with van der Waals surface area (Å²) in [6.07, 6.45) is 3.57. The maximum Gasteiger partial charge on any atom is 0.254 e. The molecule has 0 spiro atoms. The Kier molecular flexibility index (Phi) is 7.39. The highest BCUT2D eigenvalue weighted by Gasteiger charge is 2.31. The first-order valence-corrected chi connectivity index (χ1v) is 13.8. The van der Waals surface area contributed by atoms with E-state index in [-0.39, 0.29) is 11.8 Å². The lowest BCUT2D eigenvalue weighted by Crippen LogP contribution is -2.45. The summed E-state index contributed by atoms with van der Waals surface area (Å²) in [5.41, 5.74) is 8.87. The highest BCUT2D eigenvalue weighted by Crippen LogP contribution is 2.31. The SMILES string of the molecule is Cc1csc(CN(C(=O)c2cc(-c3ncco3)cc(-c3nnc([C@](C)(N)Cc4ccccc4)o3)c2)C(C)(C)C)n1. The molecule has 0 saturated carbocycles. The van der Waals surface area contributed by atoms with Gasteiger partial charge >= 0.3 is 0 Å². The molecule has 3 heterocycles. The van der Waals surface area contributed by atoms with Crippen molar-refractivity contribution in [3.05, 3.63) is 94.1 Å². The van der Waals surface area contributed by atoms with E-state index >= 15 is 0 Å². The molecule has 0 saturated heterocycles. The summed E-state index contributed by atoms with van der Waals surface area (Å²) in [5, 5.41) is 11.4. The van der Waals surface area contributed by atoms with Gasteiger partial charge in [0, 0.05) is 33.3 Å². The van der Waals surface area contributed by atoms with Gasteiger partial charge in [0.1, 0.15) is 11.3 Å². The quantitative estimate of drug-likeness (QED) is 0.246. The van der Waals surface area contributed by atoms with Gasteiger partial charge in [-0.1, -0.05) is 30.3 Å². The number of hydrogen-bond donors (Lipinski definition) is 1. The van der Waals surface area contributed by atoms with Crippen LogP contribution in [0.25, 0.3) is 22.9 Å². The molecule has 40 heavy (non-hydrogen) atoms. The summed E-state index contributed by atoms with van der Waals surface area (Å²) in [6.45, 7) is 10.2. The molecule has 2 aromatic carbocycles. The second-order valence-electron chi connectivity index (χ2n) is 11.1. The molecule has 0 radical (unpaired) electrons. The Morgan fingerprint density at radius 1 is 1.02 bits per heavy atom. The fraction of sp³-hybridized carbons (Fsp3) is 0.300. The molecule has 5 aromatic rings. The van der Waals surface area contributed by atoms with Crippen LogP contribution in [0.15, 0.2) is 75.2 Å². The molecule has 10 heteroatoms. The largest absolute Gasteiger partial charge is 0.445 e. The topological polar surface area (TPSA) is 124 Å². The number of thiazole rings is 1. The lowest BCUT2D eigenvalue weighted by Gasteiger charge is -2.35. The number of nitrogens with two attached hydrogens (primary N) is 1. The fourth-order valence-corrected chi connectivity index (χ4v) is 5.17. The van der Waals surface area contributed by atoms with E-state index in [1.807, 2.05) is 76.4 Å². The van der Waals surface area contributed by atoms with Crippen molar-refractivity contribution in [3.63, 3.8) is 0 Å². The molecular weight excluding hydrogens is 524 g/mol. The molecule has 1 amide bonds. The van der Waals surface area contributed by atoms with Crippen LogP contribution >= 0.6 is 11.3 Å². The number of amides is 1. The molecule has 0 fully saturated rings. The predicted molar refractivity (Wildman–Crippen MR) is 153 cm³/mol. The van der Waals surface area contributed by atoms with Crippen LogP contribution in [0.3, 0.4) is 0 Å². The number of aromatic nitrogens is 4. The minimum atomic E-state index is -0.889. The monoisotopic (exact) mass is 556 g/mol. The van der Waals surface area contributed by atoms with Crippen LogP contribution in [0.2, 0.25) is 0 Å². The van der Waals surface area contributed by atoms with E-state index in [1.165, 1.54) is 17.6 Å². The molecule has 5 rings (SSSR count). The van der Waals surface area contributed by atoms with Crippen molar-refractivity contribution < 1.29 is 13.6 Å². The number of nitrogens with zero attached hydrogens (tertiary/aromatic N) is 5. The third kappa shape index (κ3) is 6.03. The van der Waals surface area contributed by atoms with Gasteiger partial charge in [-0.05, 0) is 64.8 Å². The van der Waals surface area contributed by atoms with Crippen LogP contribution in [0.1, 0.15) is 60.2 Å². The van der Waals surface area contributed by atoms with Crippen LogP contribution in [-0.2, 0) is 18.5 Å². The molecule has 206 valence electrons. The standard InChI is InChI=1S/C30H32N6O3S/c1-19-18-40-24(33-19)17-36(29(2,3)4)27(37)23-14-21(25-32-11-12-38-25)13-22(15-23)26-34-35-28(39-26)30(5,31)16-20-9-7-6-8-10-20/h6-15,18H,16-17,31H2,1-5H3/t30-/m1/s1. The summed E-state index contributed by atoms with van der Waals surface area (Å²) < 4.78 is 11.7. The van der Waals surface area contributed by atoms with Crippen LogP contribution in [0, 0.1) is 6.92 Å². The van der Waals surface area contributed by atoms with Crippen LogP contribution in [0.5, 0.6) is 0 Å². The molecule has 0 unspecified atom stereocenters. The molecular formula is C30H32N6O3S. The van der Waals surface area contributed by atoms with Crippen molar-refractivity contribution in [2.24, 2.45) is 5.73 Å². The second-order valence-corrected chi connectivity index (χ2v) is 12.0. The maximum atomic E-state index is 14.0. The average Bonchev–Trinajstić information content (AvgIpc) is 3.69. The summed E-state index contributed by atoms with van der Waals surface area (Å²) in [5.74, 6) is 0.764. The summed E-state index contributed by atoms with van der Waals surface area (Å²) >= 11 is 1.54. The van der Waals surface area contributed by atoms with Crippen LogP contribution < -0.4 is 5.73 Å². The number of benzene rings is 2. The maximum absolute atomic E-state index is 14.0. The van der Waals surface area contributed by atoms with Gasteiger partial charge in [0.15, 0.2) is 0 Å². The van der Waals surface area contributed by atoms with Crippen molar-refractivity contribution in [2.75, 3.05) is 0 Å². The molecule has 0 bridgehead atoms. The lowest BCUT2D eigenvalue weighted by molar-refractivity contribution is 0.0558. The first-order chi connectivity index (χ1) is 19.0. The number of carbonyl (C=O) groups is 1. The Morgan fingerprint density at radius 3 is 2.38 bits per heavy atom. The van der Waals surface area contributed by atoms with Gasteiger partial charge in [-0.2, -0.15) is 0 Å². The van der Waals surface area contributed by atoms with Crippen molar-refractivity contribution in [3.8, 4) is 22.9 Å². The van der Waals surface area contributed by atoms with E-state index in [0.29, 0.717) is 41.4 Å². The van der Waals surface area contributed by atoms with E-state index in [2.05, 4.69) is 20.2 Å². The van der Waals surface area contributed by atoms with Crippen molar-refractivity contribution in [1.29, 1.82) is 0 Å². The Balaban J connectivity index is 1.52. The third-order valence-electron chi connectivity index (χ3n) is 6.45. The van der Waals surface area contributed by atoms with E-state index in [9.17, 15) is 4.79 Å². The Labute approximate surface area is 237 Å². The fourth-order valence-electron chi connectivity index (χ4n) is 4.41. The number of hydrogen-bond acceptors (Lipinski definition) is 9. The molecule has 0 aliphatic rings. The third-order valence-corrected chi connectivity index (χ3v) is 7.40. The van der Waals surface area contributed by atoms with Gasteiger partial charge in [-0.15, -0.1) is 21.5 Å². The zero-order valence-corrected chi connectivity index (χ0v) is 24.0. The normalized spacial score (nSPS) is 13.2. The van der Waals surface area contributed by atoms with Gasteiger partial charge in [-0.3, -0.25) is 4.79 Å². The van der Waals surface area contributed by atoms with E-state index in [0.717, 1.165) is 16.3 Å². The highest BCUT2D eigenvalue weighted by atomic mass is 32.1. The molecule has 0 aliphatic heterocycles. The Hall–Kier alpha value is -4.15. The van der Waals surface area contributed by atoms with Crippen molar-refractivity contribution in [1.82, 2.24) is 25.1 Å². The van der Waals surface area contributed by atoms with Crippen molar-refractivity contribution in [2.45, 2.75) is 58.7 Å². The highest BCUT2D eigenvalue weighted by molar-refractivity contribution is 7.09. The Morgan fingerprint density at radius 2 is 1.75 bits per heavy atom. The smallest absolute Gasteiger partial charge is 0.254 e. The predicted octanol–water partition coefficient (Wildman–Crippen LogP) is 6.01. The minimum Gasteiger partial charge on any atom is -0.445 e. The first-order valence-electron chi connectivity index (χ1n) is 12.9. The zero-order chi connectivity index (χ0) is 28.5. The zero-order valence-electron chi connectivity index (χ0n) is 23.2. The van der Waals surface area contributed by atoms with Crippen molar-refractivity contribution >= 4 is 17.2 Å². The number of rotatable bonds is 8. The summed E-state index contributed by atoms with van der Waals surface area (Å²) in [4.78, 5) is 24.7. The average molecular weight is 557 g/mol. The van der Waals surface area contributed by atoms with Gasteiger partial charge in [0.05, 0.1) is 18.3 Å². The number of oxazole rings is 1. The molecule has 9 nitrogen and oxygen atoms in total. The first kappa shape index (κ1) is 27.4. The summed E-state index contributed by atoms with van der Waals surface area (Å²) in [6, 6.07) is 15.2. The number of carbonyl (C=O) groups excluding carboxylic acids is 1. The minimum absolute atomic E-state index is 0.164. The van der Waals surface area contributed by atoms with E-state index in [1.54, 1.807) is 23.2 Å². The van der Waals surface area contributed by atoms with Gasteiger partial charge < -0.3 is 19.5 Å². The number of aryl methyl sites for hydroxylation is 1. The van der Waals surface area contributed by atoms with E-state index < -0.39 is 11.1 Å². The summed E-state index contributed by atoms with van der Waals surface area (Å²) in [7, 11) is 0. The molecule has 1 atom stereocenters. The molecule has 0 aliphatic carbocycles. The second kappa shape index (κ2) is 10.8. The Bertz CT molecular complexity index is 1600. The lowest BCUT2D eigenvalue weighted by atomic mass is 9.94. The van der Waals surface area contributed by atoms with Gasteiger partial charge in [-0.25, -0.2) is 9.97 Å². The van der Waals surface area contributed by atoms with Gasteiger partial charge in [0.2, 0.25) is 17.7 Å². The molecule has 3 aromatic heterocycles. The van der Waals surface area contributed by atoms with E-state index in [4.69, 9.17) is 14.6 Å².